The summed E-state index contributed by atoms with van der Waals surface area (Å²) in [6, 6.07) is 15.6. The van der Waals surface area contributed by atoms with Crippen LogP contribution in [0.1, 0.15) is 12.8 Å². The van der Waals surface area contributed by atoms with Crippen LogP contribution >= 0.6 is 0 Å². The molecule has 0 radical (unpaired) electrons. The molecule has 1 heterocycles. The van der Waals surface area contributed by atoms with Gasteiger partial charge in [-0.2, -0.15) is 0 Å². The summed E-state index contributed by atoms with van der Waals surface area (Å²) in [5.74, 6) is 0. The van der Waals surface area contributed by atoms with E-state index in [1.54, 1.807) is 36.4 Å². The van der Waals surface area contributed by atoms with Gasteiger partial charge in [-0.3, -0.25) is 9.62 Å². The van der Waals surface area contributed by atoms with Gasteiger partial charge in [0, 0.05) is 5.69 Å². The lowest BCUT2D eigenvalue weighted by Crippen LogP contribution is -2.36. The fourth-order valence-electron chi connectivity index (χ4n) is 2.82. The number of nitrogens with two attached hydrogens (primary N) is 1. The van der Waals surface area contributed by atoms with Gasteiger partial charge in [-0.05, 0) is 49.7 Å². The van der Waals surface area contributed by atoms with Crippen molar-refractivity contribution in [2.75, 3.05) is 22.8 Å². The van der Waals surface area contributed by atoms with Gasteiger partial charge in [-0.1, -0.05) is 24.3 Å². The van der Waals surface area contributed by atoms with Crippen LogP contribution in [0.15, 0.2) is 59.5 Å². The molecule has 6 nitrogen and oxygen atoms in total. The quantitative estimate of drug-likeness (QED) is 0.696. The van der Waals surface area contributed by atoms with Crippen LogP contribution in [0.2, 0.25) is 0 Å². The van der Waals surface area contributed by atoms with E-state index in [2.05, 4.69) is 10.6 Å². The molecule has 128 valence electrons. The number of anilines is 2. The zero-order valence-electron chi connectivity index (χ0n) is 13.4. The number of nitrogens with one attached hydrogen (secondary N) is 2. The zero-order chi connectivity index (χ0) is 17.0. The van der Waals surface area contributed by atoms with E-state index >= 15 is 0 Å². The fraction of sp³-hybridized carbons (Fsp3) is 0.294. The molecule has 1 atom stereocenters. The smallest absolute Gasteiger partial charge is 0.265 e. The Morgan fingerprint density at radius 2 is 1.96 bits per heavy atom. The molecule has 2 aromatic rings. The van der Waals surface area contributed by atoms with Crippen LogP contribution in [0.25, 0.3) is 0 Å². The van der Waals surface area contributed by atoms with Crippen LogP contribution in [-0.4, -0.2) is 27.8 Å². The minimum absolute atomic E-state index is 0.123. The molecule has 1 aliphatic heterocycles. The Balaban J connectivity index is 1.88. The summed E-state index contributed by atoms with van der Waals surface area (Å²) in [5, 5.41) is 6.73. The predicted octanol–water partition coefficient (Wildman–Crippen LogP) is 1.92. The first-order valence-corrected chi connectivity index (χ1v) is 9.43. The maximum atomic E-state index is 12.8. The number of rotatable bonds is 6. The molecular weight excluding hydrogens is 324 g/mol. The highest BCUT2D eigenvalue weighted by molar-refractivity contribution is 7.92. The van der Waals surface area contributed by atoms with E-state index in [9.17, 15) is 8.42 Å². The molecule has 7 heteroatoms. The fourth-order valence-corrected chi connectivity index (χ4v) is 4.16. The third-order valence-corrected chi connectivity index (χ3v) is 5.84. The van der Waals surface area contributed by atoms with Crippen molar-refractivity contribution >= 4 is 21.4 Å². The molecule has 4 N–H and O–H groups in total. The molecule has 1 fully saturated rings. The van der Waals surface area contributed by atoms with Gasteiger partial charge in [0.05, 0.1) is 23.4 Å². The van der Waals surface area contributed by atoms with Gasteiger partial charge in [0.2, 0.25) is 0 Å². The lowest BCUT2D eigenvalue weighted by Gasteiger charge is -2.24. The van der Waals surface area contributed by atoms with Crippen molar-refractivity contribution < 1.29 is 8.42 Å². The topological polar surface area (TPSA) is 87.5 Å². The molecule has 1 unspecified atom stereocenters. The Morgan fingerprint density at radius 3 is 2.62 bits per heavy atom. The summed E-state index contributed by atoms with van der Waals surface area (Å²) in [7, 11) is -3.68. The third-order valence-electron chi connectivity index (χ3n) is 4.03. The van der Waals surface area contributed by atoms with Crippen LogP contribution in [-0.2, 0) is 10.0 Å². The molecule has 0 amide bonds. The van der Waals surface area contributed by atoms with Gasteiger partial charge in [0.25, 0.3) is 10.0 Å². The van der Waals surface area contributed by atoms with Gasteiger partial charge in [0.1, 0.15) is 0 Å². The highest BCUT2D eigenvalue weighted by atomic mass is 32.2. The minimum atomic E-state index is -3.68. The number of sulfonamides is 1. The standard InChI is InChI=1S/C17H22N4O2S/c18-13-21(24(22,23)16-8-2-1-3-9-16)15-7-4-6-14(12-15)20-17-10-5-11-19-17/h1-4,6-9,12,17,19-20H,5,10-11,13,18H2. The van der Waals surface area contributed by atoms with Crippen LogP contribution in [0.4, 0.5) is 11.4 Å². The van der Waals surface area contributed by atoms with Crippen molar-refractivity contribution in [3.05, 3.63) is 54.6 Å². The van der Waals surface area contributed by atoms with E-state index in [0.29, 0.717) is 5.69 Å². The Morgan fingerprint density at radius 1 is 1.17 bits per heavy atom. The van der Waals surface area contributed by atoms with Crippen LogP contribution in [0, 0.1) is 0 Å². The summed E-state index contributed by atoms with van der Waals surface area (Å²) in [6.45, 7) is 0.872. The highest BCUT2D eigenvalue weighted by Gasteiger charge is 2.24. The normalized spacial score (nSPS) is 17.6. The van der Waals surface area contributed by atoms with E-state index in [1.807, 2.05) is 18.2 Å². The van der Waals surface area contributed by atoms with Crippen LogP contribution in [0.5, 0.6) is 0 Å². The average Bonchev–Trinajstić information content (AvgIpc) is 3.09. The van der Waals surface area contributed by atoms with Crippen molar-refractivity contribution in [1.29, 1.82) is 0 Å². The van der Waals surface area contributed by atoms with Gasteiger partial charge in [0.15, 0.2) is 0 Å². The molecule has 1 saturated heterocycles. The third kappa shape index (κ3) is 3.53. The minimum Gasteiger partial charge on any atom is -0.370 e. The first-order valence-electron chi connectivity index (χ1n) is 7.99. The lowest BCUT2D eigenvalue weighted by atomic mass is 10.2. The second-order valence-corrected chi connectivity index (χ2v) is 7.56. The van der Waals surface area contributed by atoms with Crippen molar-refractivity contribution in [3.63, 3.8) is 0 Å². The SMILES string of the molecule is NCN(c1cccc(NC2CCCN2)c1)S(=O)(=O)c1ccccc1. The van der Waals surface area contributed by atoms with Gasteiger partial charge < -0.3 is 11.1 Å². The summed E-state index contributed by atoms with van der Waals surface area (Å²) in [6.07, 6.45) is 2.40. The Hall–Kier alpha value is -2.09. The van der Waals surface area contributed by atoms with Crippen LogP contribution in [0.3, 0.4) is 0 Å². The summed E-state index contributed by atoms with van der Waals surface area (Å²) in [4.78, 5) is 0.228. The van der Waals surface area contributed by atoms with Crippen molar-refractivity contribution in [1.82, 2.24) is 5.32 Å². The largest absolute Gasteiger partial charge is 0.370 e. The van der Waals surface area contributed by atoms with Crippen molar-refractivity contribution in [2.45, 2.75) is 23.9 Å². The average molecular weight is 346 g/mol. The van der Waals surface area contributed by atoms with Gasteiger partial charge in [-0.15, -0.1) is 0 Å². The first-order chi connectivity index (χ1) is 11.6. The molecule has 0 aliphatic carbocycles. The van der Waals surface area contributed by atoms with Gasteiger partial charge >= 0.3 is 0 Å². The maximum Gasteiger partial charge on any atom is 0.265 e. The Bertz CT molecular complexity index is 774. The molecule has 3 rings (SSSR count). The van der Waals surface area contributed by atoms with E-state index in [-0.39, 0.29) is 17.7 Å². The van der Waals surface area contributed by atoms with Gasteiger partial charge in [-0.25, -0.2) is 8.42 Å². The number of hydrogen-bond acceptors (Lipinski definition) is 5. The molecule has 0 bridgehead atoms. The molecular formula is C17H22N4O2S. The molecule has 2 aromatic carbocycles. The van der Waals surface area contributed by atoms with E-state index in [4.69, 9.17) is 5.73 Å². The van der Waals surface area contributed by atoms with E-state index < -0.39 is 10.0 Å². The van der Waals surface area contributed by atoms with Crippen molar-refractivity contribution in [2.24, 2.45) is 5.73 Å². The number of hydrogen-bond donors (Lipinski definition) is 3. The Labute approximate surface area is 142 Å². The zero-order valence-corrected chi connectivity index (χ0v) is 14.2. The molecule has 0 saturated carbocycles. The first kappa shape index (κ1) is 16.8. The second-order valence-electron chi connectivity index (χ2n) is 5.69. The predicted molar refractivity (Wildman–Crippen MR) is 96.3 cm³/mol. The number of nitrogens with zero attached hydrogens (tertiary/aromatic N) is 1. The maximum absolute atomic E-state index is 12.8. The summed E-state index contributed by atoms with van der Waals surface area (Å²) < 4.78 is 26.9. The second kappa shape index (κ2) is 7.21. The number of benzene rings is 2. The van der Waals surface area contributed by atoms with E-state index in [1.165, 1.54) is 4.31 Å². The molecule has 1 aliphatic rings. The highest BCUT2D eigenvalue weighted by Crippen LogP contribution is 2.26. The lowest BCUT2D eigenvalue weighted by molar-refractivity contribution is 0.591. The molecule has 0 aromatic heterocycles. The van der Waals surface area contributed by atoms with Crippen LogP contribution < -0.4 is 20.7 Å². The monoisotopic (exact) mass is 346 g/mol. The summed E-state index contributed by atoms with van der Waals surface area (Å²) in [5.41, 5.74) is 7.17. The van der Waals surface area contributed by atoms with E-state index in [0.717, 1.165) is 25.1 Å². The molecule has 24 heavy (non-hydrogen) atoms. The van der Waals surface area contributed by atoms with Crippen molar-refractivity contribution in [3.8, 4) is 0 Å². The molecule has 0 spiro atoms. The summed E-state index contributed by atoms with van der Waals surface area (Å²) >= 11 is 0. The Kier molecular flexibility index (Phi) is 5.03.